The van der Waals surface area contributed by atoms with Crippen molar-refractivity contribution in [2.45, 2.75) is 45.2 Å². The second-order valence-electron chi connectivity index (χ2n) is 10.2. The molecule has 204 valence electrons. The summed E-state index contributed by atoms with van der Waals surface area (Å²) < 4.78 is 48.0. The number of anilines is 1. The predicted octanol–water partition coefficient (Wildman–Crippen LogP) is 5.18. The Labute approximate surface area is 230 Å². The number of benzene rings is 2. The molecule has 0 radical (unpaired) electrons. The van der Waals surface area contributed by atoms with Crippen molar-refractivity contribution < 1.29 is 22.1 Å². The molecule has 9 nitrogen and oxygen atoms in total. The van der Waals surface area contributed by atoms with Crippen LogP contribution < -0.4 is 4.90 Å². The molecule has 2 aromatic heterocycles. The van der Waals surface area contributed by atoms with Gasteiger partial charge in [0, 0.05) is 30.8 Å². The quantitative estimate of drug-likeness (QED) is 0.327. The molecule has 1 amide bonds. The summed E-state index contributed by atoms with van der Waals surface area (Å²) in [4.78, 5) is 19.7. The Morgan fingerprint density at radius 2 is 1.92 bits per heavy atom. The molecule has 2 aliphatic rings. The topological polar surface area (TPSA) is 102 Å². The highest BCUT2D eigenvalue weighted by Crippen LogP contribution is 2.42. The summed E-state index contributed by atoms with van der Waals surface area (Å²) in [5.41, 5.74) is 4.51. The third kappa shape index (κ3) is 4.42. The lowest BCUT2D eigenvalue weighted by Gasteiger charge is -2.27. The lowest BCUT2D eigenvalue weighted by atomic mass is 10.0. The number of halogens is 2. The third-order valence-electron chi connectivity index (χ3n) is 7.69. The fourth-order valence-electron chi connectivity index (χ4n) is 5.90. The van der Waals surface area contributed by atoms with Gasteiger partial charge in [-0.3, -0.25) is 4.79 Å². The number of nitrogens with zero attached hydrogens (tertiary/aromatic N) is 5. The van der Waals surface area contributed by atoms with E-state index in [0.29, 0.717) is 48.7 Å². The Balaban J connectivity index is 1.51. The van der Waals surface area contributed by atoms with E-state index in [1.807, 2.05) is 32.0 Å². The van der Waals surface area contributed by atoms with E-state index in [1.54, 1.807) is 11.0 Å². The molecule has 12 heteroatoms. The number of hydrogen-bond acceptors (Lipinski definition) is 6. The molecular weight excluding hydrogens is 545 g/mol. The average Bonchev–Trinajstić information content (AvgIpc) is 3.65. The van der Waals surface area contributed by atoms with Gasteiger partial charge in [0.25, 0.3) is 0 Å². The highest BCUT2D eigenvalue weighted by Gasteiger charge is 2.40. The minimum absolute atomic E-state index is 0.0205. The summed E-state index contributed by atoms with van der Waals surface area (Å²) in [6, 6.07) is 9.62. The monoisotopic (exact) mass is 571 g/mol. The first-order valence-electron chi connectivity index (χ1n) is 12.7. The van der Waals surface area contributed by atoms with Gasteiger partial charge in [0.15, 0.2) is 0 Å². The number of fused-ring (bicyclic) bond motifs is 1. The summed E-state index contributed by atoms with van der Waals surface area (Å²) in [6.07, 6.45) is 2.59. The maximum atomic E-state index is 14.4. The molecule has 0 bridgehead atoms. The number of aromatic nitrogens is 3. The van der Waals surface area contributed by atoms with E-state index < -0.39 is 21.9 Å². The largest absolute Gasteiger partial charge is 0.361 e. The second kappa shape index (κ2) is 9.42. The van der Waals surface area contributed by atoms with Crippen molar-refractivity contribution in [2.75, 3.05) is 24.2 Å². The van der Waals surface area contributed by atoms with Gasteiger partial charge in [0.1, 0.15) is 17.4 Å². The number of carbonyl (C=O) groups is 1. The molecule has 4 aromatic rings. The molecule has 0 N–H and O–H groups in total. The molecule has 6 rings (SSSR count). The Kier molecular flexibility index (Phi) is 6.28. The van der Waals surface area contributed by atoms with E-state index in [9.17, 15) is 17.6 Å². The molecule has 2 atom stereocenters. The minimum atomic E-state index is -3.37. The highest BCUT2D eigenvalue weighted by molar-refractivity contribution is 7.88. The average molecular weight is 572 g/mol. The van der Waals surface area contributed by atoms with E-state index in [2.05, 4.69) is 9.72 Å². The van der Waals surface area contributed by atoms with Crippen molar-refractivity contribution in [3.63, 3.8) is 0 Å². The van der Waals surface area contributed by atoms with E-state index >= 15 is 0 Å². The normalized spacial score (nSPS) is 20.5. The van der Waals surface area contributed by atoms with E-state index in [1.165, 1.54) is 22.7 Å². The molecule has 2 fully saturated rings. The smallest absolute Gasteiger partial charge is 0.227 e. The zero-order chi connectivity index (χ0) is 27.6. The van der Waals surface area contributed by atoms with Crippen LogP contribution in [-0.2, 0) is 14.8 Å². The molecule has 2 aromatic carbocycles. The van der Waals surface area contributed by atoms with Crippen molar-refractivity contribution >= 4 is 44.3 Å². The number of rotatable bonds is 5. The van der Waals surface area contributed by atoms with Crippen LogP contribution >= 0.6 is 11.6 Å². The fourth-order valence-corrected chi connectivity index (χ4v) is 6.89. The first-order chi connectivity index (χ1) is 18.5. The van der Waals surface area contributed by atoms with Crippen molar-refractivity contribution in [1.29, 1.82) is 0 Å². The van der Waals surface area contributed by atoms with Crippen LogP contribution in [0.3, 0.4) is 0 Å². The van der Waals surface area contributed by atoms with Crippen molar-refractivity contribution in [3.8, 4) is 11.1 Å². The number of hydrogen-bond donors (Lipinski definition) is 0. The maximum absolute atomic E-state index is 14.4. The highest BCUT2D eigenvalue weighted by atomic mass is 35.5. The Morgan fingerprint density at radius 1 is 1.13 bits per heavy atom. The first-order valence-corrected chi connectivity index (χ1v) is 14.9. The molecule has 39 heavy (non-hydrogen) atoms. The predicted molar refractivity (Wildman–Crippen MR) is 146 cm³/mol. The van der Waals surface area contributed by atoms with Crippen LogP contribution in [-0.4, -0.2) is 52.7 Å². The molecular formula is C27H27ClFN5O4S. The molecule has 2 aliphatic heterocycles. The van der Waals surface area contributed by atoms with Gasteiger partial charge in [-0.05, 0) is 62.6 Å². The summed E-state index contributed by atoms with van der Waals surface area (Å²) in [6.45, 7) is 4.44. The number of aryl methyl sites for hydroxylation is 2. The van der Waals surface area contributed by atoms with Crippen molar-refractivity contribution in [3.05, 3.63) is 64.5 Å². The lowest BCUT2D eigenvalue weighted by Crippen LogP contribution is -2.31. The maximum Gasteiger partial charge on any atom is 0.227 e. The van der Waals surface area contributed by atoms with Crippen LogP contribution in [0.1, 0.15) is 48.6 Å². The van der Waals surface area contributed by atoms with Gasteiger partial charge < -0.3 is 14.0 Å². The minimum Gasteiger partial charge on any atom is -0.361 e. The van der Waals surface area contributed by atoms with Gasteiger partial charge in [-0.1, -0.05) is 22.8 Å². The van der Waals surface area contributed by atoms with E-state index in [0.717, 1.165) is 22.3 Å². The Hall–Kier alpha value is -3.28. The van der Waals surface area contributed by atoms with Gasteiger partial charge in [0.2, 0.25) is 15.9 Å². The zero-order valence-electron chi connectivity index (χ0n) is 21.7. The molecule has 4 heterocycles. The molecule has 0 aliphatic carbocycles. The first kappa shape index (κ1) is 26.0. The molecule has 0 unspecified atom stereocenters. The van der Waals surface area contributed by atoms with Crippen LogP contribution in [0.2, 0.25) is 5.02 Å². The Morgan fingerprint density at radius 3 is 2.59 bits per heavy atom. The van der Waals surface area contributed by atoms with Crippen LogP contribution in [0.15, 0.2) is 40.9 Å². The second-order valence-corrected chi connectivity index (χ2v) is 12.6. The summed E-state index contributed by atoms with van der Waals surface area (Å²) >= 11 is 5.91. The van der Waals surface area contributed by atoms with Gasteiger partial charge in [-0.25, -0.2) is 22.1 Å². The van der Waals surface area contributed by atoms with Gasteiger partial charge in [0.05, 0.1) is 40.1 Å². The number of amides is 1. The SMILES string of the molecule is Cc1noc(C)c1-c1ccc2c(c1)nc([C@H]1CCC(=O)N1c1ccc(Cl)c(F)c1)n2[C@@H]1CCN(S(C)(=O)=O)C1. The molecule has 0 spiro atoms. The van der Waals surface area contributed by atoms with Gasteiger partial charge in [-0.15, -0.1) is 0 Å². The third-order valence-corrected chi connectivity index (χ3v) is 9.27. The number of imidazole rings is 1. The fraction of sp³-hybridized carbons (Fsp3) is 0.370. The zero-order valence-corrected chi connectivity index (χ0v) is 23.3. The van der Waals surface area contributed by atoms with Crippen LogP contribution in [0.4, 0.5) is 10.1 Å². The van der Waals surface area contributed by atoms with Gasteiger partial charge >= 0.3 is 0 Å². The number of carbonyl (C=O) groups excluding carboxylic acids is 1. The van der Waals surface area contributed by atoms with Gasteiger partial charge in [-0.2, -0.15) is 0 Å². The van der Waals surface area contributed by atoms with Crippen LogP contribution in [0, 0.1) is 19.7 Å². The number of sulfonamides is 1. The Bertz CT molecular complexity index is 1710. The molecule has 2 saturated heterocycles. The van der Waals surface area contributed by atoms with E-state index in [4.69, 9.17) is 21.1 Å². The standard InChI is InChI=1S/C27H27ClFN5O4S/c1-15-26(16(2)38-31-15)17-4-7-23-22(12-17)30-27(34(23)19-10-11-32(14-19)39(3,36)37)24-8-9-25(35)33(24)18-5-6-20(28)21(29)13-18/h4-7,12-13,19,24H,8-11,14H2,1-3H3/t19-,24-/m1/s1. The van der Waals surface area contributed by atoms with Crippen molar-refractivity contribution in [1.82, 2.24) is 19.0 Å². The van der Waals surface area contributed by atoms with Crippen LogP contribution in [0.25, 0.3) is 22.2 Å². The lowest BCUT2D eigenvalue weighted by molar-refractivity contribution is -0.117. The summed E-state index contributed by atoms with van der Waals surface area (Å²) in [7, 11) is -3.37. The molecule has 0 saturated carbocycles. The summed E-state index contributed by atoms with van der Waals surface area (Å²) in [5.74, 6) is 0.594. The van der Waals surface area contributed by atoms with Crippen LogP contribution in [0.5, 0.6) is 0 Å². The summed E-state index contributed by atoms with van der Waals surface area (Å²) in [5, 5.41) is 4.05. The van der Waals surface area contributed by atoms with E-state index in [-0.39, 0.29) is 23.4 Å². The van der Waals surface area contributed by atoms with Crippen molar-refractivity contribution in [2.24, 2.45) is 0 Å².